The first kappa shape index (κ1) is 14.8. The second-order valence-electron chi connectivity index (χ2n) is 5.31. The summed E-state index contributed by atoms with van der Waals surface area (Å²) >= 11 is 0. The molecule has 0 bridgehead atoms. The number of anilines is 1. The SMILES string of the molecule is COCCn1cc2c(n1)C(Nc1nccc(OC)n1)CCC2. The van der Waals surface area contributed by atoms with E-state index >= 15 is 0 Å². The summed E-state index contributed by atoms with van der Waals surface area (Å²) in [7, 11) is 3.30. The molecular weight excluding hydrogens is 282 g/mol. The molecule has 3 rings (SSSR count). The van der Waals surface area contributed by atoms with Gasteiger partial charge in [0.25, 0.3) is 0 Å². The van der Waals surface area contributed by atoms with Gasteiger partial charge in [0, 0.05) is 25.6 Å². The summed E-state index contributed by atoms with van der Waals surface area (Å²) in [6.07, 6.45) is 7.03. The highest BCUT2D eigenvalue weighted by atomic mass is 16.5. The zero-order valence-corrected chi connectivity index (χ0v) is 13.0. The van der Waals surface area contributed by atoms with E-state index in [2.05, 4.69) is 21.5 Å². The van der Waals surface area contributed by atoms with Gasteiger partial charge in [-0.15, -0.1) is 0 Å². The van der Waals surface area contributed by atoms with Crippen molar-refractivity contribution in [1.82, 2.24) is 19.7 Å². The van der Waals surface area contributed by atoms with E-state index in [1.54, 1.807) is 26.5 Å². The Morgan fingerprint density at radius 1 is 1.41 bits per heavy atom. The lowest BCUT2D eigenvalue weighted by molar-refractivity contribution is 0.183. The summed E-state index contributed by atoms with van der Waals surface area (Å²) in [5, 5.41) is 8.07. The average molecular weight is 303 g/mol. The normalized spacial score (nSPS) is 17.1. The molecule has 118 valence electrons. The number of rotatable bonds is 6. The summed E-state index contributed by atoms with van der Waals surface area (Å²) in [4.78, 5) is 8.57. The van der Waals surface area contributed by atoms with Gasteiger partial charge in [-0.25, -0.2) is 4.98 Å². The van der Waals surface area contributed by atoms with Gasteiger partial charge in [0.15, 0.2) is 0 Å². The van der Waals surface area contributed by atoms with Crippen molar-refractivity contribution in [2.24, 2.45) is 0 Å². The second kappa shape index (κ2) is 6.74. The standard InChI is InChI=1S/C15H21N5O2/c1-21-9-8-20-10-11-4-3-5-12(14(11)19-20)17-15-16-7-6-13(18-15)22-2/h6-7,10,12H,3-5,8-9H2,1-2H3,(H,16,17,18). The molecule has 0 aromatic carbocycles. The summed E-state index contributed by atoms with van der Waals surface area (Å²) in [5.41, 5.74) is 2.39. The Hall–Kier alpha value is -2.15. The fourth-order valence-electron chi connectivity index (χ4n) is 2.72. The van der Waals surface area contributed by atoms with Gasteiger partial charge in [0.05, 0.1) is 32.0 Å². The van der Waals surface area contributed by atoms with Gasteiger partial charge < -0.3 is 14.8 Å². The van der Waals surface area contributed by atoms with Crippen LogP contribution < -0.4 is 10.1 Å². The van der Waals surface area contributed by atoms with E-state index in [0.717, 1.165) is 31.5 Å². The summed E-state index contributed by atoms with van der Waals surface area (Å²) in [6.45, 7) is 1.43. The van der Waals surface area contributed by atoms with E-state index in [-0.39, 0.29) is 6.04 Å². The smallest absolute Gasteiger partial charge is 0.226 e. The average Bonchev–Trinajstić information content (AvgIpc) is 2.97. The molecule has 1 N–H and O–H groups in total. The monoisotopic (exact) mass is 303 g/mol. The van der Waals surface area contributed by atoms with E-state index in [1.807, 2.05) is 4.68 Å². The molecule has 0 spiro atoms. The van der Waals surface area contributed by atoms with Crippen molar-refractivity contribution in [1.29, 1.82) is 0 Å². The lowest BCUT2D eigenvalue weighted by atomic mass is 9.94. The molecule has 1 unspecified atom stereocenters. The number of nitrogens with one attached hydrogen (secondary N) is 1. The zero-order valence-electron chi connectivity index (χ0n) is 13.0. The first-order chi connectivity index (χ1) is 10.8. The molecule has 0 radical (unpaired) electrons. The van der Waals surface area contributed by atoms with E-state index in [1.165, 1.54) is 5.56 Å². The van der Waals surface area contributed by atoms with E-state index in [0.29, 0.717) is 18.4 Å². The maximum atomic E-state index is 5.14. The van der Waals surface area contributed by atoms with Crippen LogP contribution >= 0.6 is 0 Å². The van der Waals surface area contributed by atoms with Crippen molar-refractivity contribution < 1.29 is 9.47 Å². The molecular formula is C15H21N5O2. The third kappa shape index (κ3) is 3.19. The first-order valence-electron chi connectivity index (χ1n) is 7.49. The Kier molecular flexibility index (Phi) is 4.53. The van der Waals surface area contributed by atoms with Crippen molar-refractivity contribution >= 4 is 5.95 Å². The van der Waals surface area contributed by atoms with Gasteiger partial charge in [-0.05, 0) is 24.8 Å². The van der Waals surface area contributed by atoms with Crippen molar-refractivity contribution in [2.45, 2.75) is 31.8 Å². The minimum atomic E-state index is 0.139. The second-order valence-corrected chi connectivity index (χ2v) is 5.31. The van der Waals surface area contributed by atoms with E-state index in [9.17, 15) is 0 Å². The lowest BCUT2D eigenvalue weighted by Gasteiger charge is -2.22. The summed E-state index contributed by atoms with van der Waals surface area (Å²) < 4.78 is 12.2. The molecule has 2 aromatic rings. The third-order valence-electron chi connectivity index (χ3n) is 3.81. The van der Waals surface area contributed by atoms with Crippen LogP contribution in [0, 0.1) is 0 Å². The van der Waals surface area contributed by atoms with Crippen molar-refractivity contribution in [2.75, 3.05) is 26.1 Å². The van der Waals surface area contributed by atoms with Crippen LogP contribution in [0.1, 0.15) is 30.1 Å². The van der Waals surface area contributed by atoms with Crippen LogP contribution in [-0.2, 0) is 17.7 Å². The highest BCUT2D eigenvalue weighted by molar-refractivity contribution is 5.35. The Morgan fingerprint density at radius 2 is 2.32 bits per heavy atom. The Morgan fingerprint density at radius 3 is 3.14 bits per heavy atom. The molecule has 2 heterocycles. The van der Waals surface area contributed by atoms with Gasteiger partial charge in [-0.1, -0.05) is 0 Å². The number of nitrogens with zero attached hydrogens (tertiary/aromatic N) is 4. The molecule has 7 heteroatoms. The van der Waals surface area contributed by atoms with E-state index in [4.69, 9.17) is 14.6 Å². The highest BCUT2D eigenvalue weighted by Crippen LogP contribution is 2.30. The van der Waals surface area contributed by atoms with Crippen LogP contribution in [0.3, 0.4) is 0 Å². The van der Waals surface area contributed by atoms with Crippen LogP contribution in [0.25, 0.3) is 0 Å². The lowest BCUT2D eigenvalue weighted by Crippen LogP contribution is -2.18. The molecule has 0 amide bonds. The summed E-state index contributed by atoms with van der Waals surface area (Å²) in [6, 6.07) is 1.87. The first-order valence-corrected chi connectivity index (χ1v) is 7.49. The van der Waals surface area contributed by atoms with Gasteiger partial charge in [0.2, 0.25) is 11.8 Å². The fraction of sp³-hybridized carbons (Fsp3) is 0.533. The molecule has 1 aliphatic carbocycles. The molecule has 22 heavy (non-hydrogen) atoms. The van der Waals surface area contributed by atoms with Crippen LogP contribution in [-0.4, -0.2) is 40.6 Å². The molecule has 2 aromatic heterocycles. The van der Waals surface area contributed by atoms with Gasteiger partial charge >= 0.3 is 0 Å². The van der Waals surface area contributed by atoms with Crippen molar-refractivity contribution in [3.05, 3.63) is 29.7 Å². The minimum absolute atomic E-state index is 0.139. The third-order valence-corrected chi connectivity index (χ3v) is 3.81. The van der Waals surface area contributed by atoms with Crippen LogP contribution in [0.5, 0.6) is 5.88 Å². The predicted octanol–water partition coefficient (Wildman–Crippen LogP) is 1.82. The molecule has 0 saturated carbocycles. The molecule has 0 aliphatic heterocycles. The number of hydrogen-bond acceptors (Lipinski definition) is 6. The minimum Gasteiger partial charge on any atom is -0.481 e. The number of aryl methyl sites for hydroxylation is 1. The van der Waals surface area contributed by atoms with E-state index < -0.39 is 0 Å². The molecule has 0 saturated heterocycles. The molecule has 1 aliphatic rings. The van der Waals surface area contributed by atoms with Crippen molar-refractivity contribution in [3.8, 4) is 5.88 Å². The maximum absolute atomic E-state index is 5.14. The number of ether oxygens (including phenoxy) is 2. The Balaban J connectivity index is 1.77. The number of methoxy groups -OCH3 is 2. The molecule has 7 nitrogen and oxygen atoms in total. The topological polar surface area (TPSA) is 74.1 Å². The fourth-order valence-corrected chi connectivity index (χ4v) is 2.72. The number of aromatic nitrogens is 4. The Labute approximate surface area is 129 Å². The quantitative estimate of drug-likeness (QED) is 0.877. The van der Waals surface area contributed by atoms with Gasteiger partial charge in [-0.2, -0.15) is 10.1 Å². The largest absolute Gasteiger partial charge is 0.481 e. The molecule has 0 fully saturated rings. The predicted molar refractivity (Wildman–Crippen MR) is 82.0 cm³/mol. The van der Waals surface area contributed by atoms with Crippen LogP contribution in [0.15, 0.2) is 18.5 Å². The zero-order chi connectivity index (χ0) is 15.4. The number of fused-ring (bicyclic) bond motifs is 1. The van der Waals surface area contributed by atoms with Gasteiger partial charge in [-0.3, -0.25) is 4.68 Å². The van der Waals surface area contributed by atoms with Crippen LogP contribution in [0.4, 0.5) is 5.95 Å². The highest BCUT2D eigenvalue weighted by Gasteiger charge is 2.24. The summed E-state index contributed by atoms with van der Waals surface area (Å²) in [5.74, 6) is 1.13. The molecule has 1 atom stereocenters. The number of hydrogen-bond donors (Lipinski definition) is 1. The Bertz CT molecular complexity index is 628. The van der Waals surface area contributed by atoms with Crippen molar-refractivity contribution in [3.63, 3.8) is 0 Å². The maximum Gasteiger partial charge on any atom is 0.226 e. The van der Waals surface area contributed by atoms with Gasteiger partial charge in [0.1, 0.15) is 0 Å². The van der Waals surface area contributed by atoms with Crippen LogP contribution in [0.2, 0.25) is 0 Å².